The van der Waals surface area contributed by atoms with E-state index in [1.165, 1.54) is 34.7 Å². The first kappa shape index (κ1) is 12.8. The van der Waals surface area contributed by atoms with Gasteiger partial charge in [0.2, 0.25) is 0 Å². The Morgan fingerprint density at radius 1 is 1.47 bits per heavy atom. The molecular weight excluding hydrogens is 228 g/mol. The van der Waals surface area contributed by atoms with Gasteiger partial charge in [-0.1, -0.05) is 13.3 Å². The molecule has 0 bridgehead atoms. The molecule has 2 rings (SSSR count). The molecule has 2 nitrogen and oxygen atoms in total. The molecule has 0 aliphatic carbocycles. The number of rotatable bonds is 5. The molecule has 1 aliphatic heterocycles. The zero-order chi connectivity index (χ0) is 12.1. The van der Waals surface area contributed by atoms with E-state index in [1.54, 1.807) is 0 Å². The second-order valence-electron chi connectivity index (χ2n) is 4.67. The molecule has 0 radical (unpaired) electrons. The second-order valence-corrected chi connectivity index (χ2v) is 5.80. The van der Waals surface area contributed by atoms with E-state index < -0.39 is 0 Å². The van der Waals surface area contributed by atoms with Crippen LogP contribution >= 0.6 is 11.8 Å². The number of aryl methyl sites for hydroxylation is 1. The number of nitrogens with two attached hydrogens (primary N) is 1. The van der Waals surface area contributed by atoms with Gasteiger partial charge in [-0.3, -0.25) is 0 Å². The fourth-order valence-electron chi connectivity index (χ4n) is 2.13. The lowest BCUT2D eigenvalue weighted by molar-refractivity contribution is 0.548. The van der Waals surface area contributed by atoms with Crippen LogP contribution in [0.2, 0.25) is 0 Å². The Kier molecular flexibility index (Phi) is 4.75. The largest absolute Gasteiger partial charge is 0.385 e. The molecule has 0 saturated carbocycles. The van der Waals surface area contributed by atoms with E-state index in [4.69, 9.17) is 5.73 Å². The molecule has 94 valence electrons. The van der Waals surface area contributed by atoms with Crippen LogP contribution in [0, 0.1) is 5.92 Å². The summed E-state index contributed by atoms with van der Waals surface area (Å²) < 4.78 is 0. The third-order valence-corrected chi connectivity index (χ3v) is 4.62. The van der Waals surface area contributed by atoms with Crippen molar-refractivity contribution in [1.29, 1.82) is 0 Å². The van der Waals surface area contributed by atoms with Crippen molar-refractivity contribution in [2.75, 3.05) is 24.2 Å². The zero-order valence-corrected chi connectivity index (χ0v) is 11.4. The van der Waals surface area contributed by atoms with Crippen LogP contribution in [0.4, 0.5) is 5.69 Å². The predicted octanol–water partition coefficient (Wildman–Crippen LogP) is 3.12. The lowest BCUT2D eigenvalue weighted by Gasteiger charge is -2.18. The molecule has 1 atom stereocenters. The minimum atomic E-state index is 0.584. The lowest BCUT2D eigenvalue weighted by Crippen LogP contribution is -2.22. The number of nitrogens with one attached hydrogen (secondary N) is 1. The van der Waals surface area contributed by atoms with Gasteiger partial charge in [-0.2, -0.15) is 0 Å². The summed E-state index contributed by atoms with van der Waals surface area (Å²) >= 11 is 1.98. The minimum Gasteiger partial charge on any atom is -0.385 e. The zero-order valence-electron chi connectivity index (χ0n) is 10.5. The highest BCUT2D eigenvalue weighted by atomic mass is 32.2. The maximum atomic E-state index is 5.71. The fraction of sp³-hybridized carbons (Fsp3) is 0.571. The van der Waals surface area contributed by atoms with Crippen molar-refractivity contribution in [3.63, 3.8) is 0 Å². The molecule has 0 spiro atoms. The van der Waals surface area contributed by atoms with Gasteiger partial charge < -0.3 is 11.1 Å². The molecule has 1 unspecified atom stereocenters. The van der Waals surface area contributed by atoms with Crippen molar-refractivity contribution in [3.8, 4) is 0 Å². The molecule has 0 amide bonds. The molecule has 3 N–H and O–H groups in total. The molecule has 1 aromatic carbocycles. The number of hydrogen-bond donors (Lipinski definition) is 2. The SMILES string of the molecule is CCC(CN)CNc1ccc2c(c1)CCCS2. The lowest BCUT2D eigenvalue weighted by atomic mass is 10.1. The number of thioether (sulfide) groups is 1. The van der Waals surface area contributed by atoms with Crippen LogP contribution in [0.25, 0.3) is 0 Å². The predicted molar refractivity (Wildman–Crippen MR) is 76.8 cm³/mol. The van der Waals surface area contributed by atoms with Crippen molar-refractivity contribution in [2.24, 2.45) is 11.7 Å². The molecule has 0 fully saturated rings. The van der Waals surface area contributed by atoms with Crippen LogP contribution in [-0.2, 0) is 6.42 Å². The van der Waals surface area contributed by atoms with Crippen LogP contribution in [0.1, 0.15) is 25.3 Å². The van der Waals surface area contributed by atoms with Gasteiger partial charge in [-0.25, -0.2) is 0 Å². The maximum absolute atomic E-state index is 5.71. The Hall–Kier alpha value is -0.670. The summed E-state index contributed by atoms with van der Waals surface area (Å²) in [5, 5.41) is 3.51. The van der Waals surface area contributed by atoms with E-state index in [2.05, 4.69) is 30.4 Å². The van der Waals surface area contributed by atoms with Crippen LogP contribution in [-0.4, -0.2) is 18.8 Å². The molecule has 3 heteroatoms. The van der Waals surface area contributed by atoms with Gasteiger partial charge in [0.05, 0.1) is 0 Å². The first-order valence-corrected chi connectivity index (χ1v) is 7.51. The van der Waals surface area contributed by atoms with E-state index >= 15 is 0 Å². The molecule has 1 heterocycles. The van der Waals surface area contributed by atoms with Crippen LogP contribution in [0.5, 0.6) is 0 Å². The highest BCUT2D eigenvalue weighted by Gasteiger charge is 2.10. The smallest absolute Gasteiger partial charge is 0.0343 e. The summed E-state index contributed by atoms with van der Waals surface area (Å²) in [6.07, 6.45) is 3.68. The summed E-state index contributed by atoms with van der Waals surface area (Å²) in [7, 11) is 0. The summed E-state index contributed by atoms with van der Waals surface area (Å²) in [6, 6.07) is 6.76. The Labute approximate surface area is 108 Å². The van der Waals surface area contributed by atoms with E-state index in [1.807, 2.05) is 11.8 Å². The van der Waals surface area contributed by atoms with Crippen molar-refractivity contribution in [3.05, 3.63) is 23.8 Å². The fourth-order valence-corrected chi connectivity index (χ4v) is 3.15. The van der Waals surface area contributed by atoms with Crippen molar-refractivity contribution >= 4 is 17.4 Å². The molecule has 1 aromatic rings. The number of hydrogen-bond acceptors (Lipinski definition) is 3. The monoisotopic (exact) mass is 250 g/mol. The standard InChI is InChI=1S/C14H22N2S/c1-2-11(9-15)10-16-13-5-6-14-12(8-13)4-3-7-17-14/h5-6,8,11,16H,2-4,7,9-10,15H2,1H3. The van der Waals surface area contributed by atoms with Gasteiger partial charge >= 0.3 is 0 Å². The van der Waals surface area contributed by atoms with E-state index in [9.17, 15) is 0 Å². The van der Waals surface area contributed by atoms with Crippen LogP contribution in [0.15, 0.2) is 23.1 Å². The second kappa shape index (κ2) is 6.31. The van der Waals surface area contributed by atoms with Gasteiger partial charge in [0.25, 0.3) is 0 Å². The van der Waals surface area contributed by atoms with Gasteiger partial charge in [-0.05, 0) is 54.8 Å². The average molecular weight is 250 g/mol. The maximum Gasteiger partial charge on any atom is 0.0343 e. The quantitative estimate of drug-likeness (QED) is 0.843. The Balaban J connectivity index is 1.97. The molecule has 0 aromatic heterocycles. The number of benzene rings is 1. The summed E-state index contributed by atoms with van der Waals surface area (Å²) in [6.45, 7) is 3.95. The van der Waals surface area contributed by atoms with E-state index in [0.29, 0.717) is 5.92 Å². The van der Waals surface area contributed by atoms with Crippen molar-refractivity contribution in [1.82, 2.24) is 0 Å². The third kappa shape index (κ3) is 3.39. The average Bonchev–Trinajstić information content (AvgIpc) is 2.40. The summed E-state index contributed by atoms with van der Waals surface area (Å²) in [4.78, 5) is 1.47. The summed E-state index contributed by atoms with van der Waals surface area (Å²) in [5.74, 6) is 1.85. The van der Waals surface area contributed by atoms with Crippen molar-refractivity contribution in [2.45, 2.75) is 31.1 Å². The van der Waals surface area contributed by atoms with E-state index in [0.717, 1.165) is 19.5 Å². The van der Waals surface area contributed by atoms with Crippen LogP contribution < -0.4 is 11.1 Å². The molecular formula is C14H22N2S. The van der Waals surface area contributed by atoms with Gasteiger partial charge in [0.15, 0.2) is 0 Å². The normalized spacial score (nSPS) is 16.4. The first-order valence-electron chi connectivity index (χ1n) is 6.53. The topological polar surface area (TPSA) is 38.0 Å². The molecule has 17 heavy (non-hydrogen) atoms. The molecule has 1 aliphatic rings. The molecule has 0 saturated heterocycles. The Bertz CT molecular complexity index is 361. The van der Waals surface area contributed by atoms with E-state index in [-0.39, 0.29) is 0 Å². The Morgan fingerprint density at radius 2 is 2.35 bits per heavy atom. The first-order chi connectivity index (χ1) is 8.33. The summed E-state index contributed by atoms with van der Waals surface area (Å²) in [5.41, 5.74) is 8.47. The van der Waals surface area contributed by atoms with Crippen molar-refractivity contribution < 1.29 is 0 Å². The van der Waals surface area contributed by atoms with Gasteiger partial charge in [0.1, 0.15) is 0 Å². The minimum absolute atomic E-state index is 0.584. The van der Waals surface area contributed by atoms with Gasteiger partial charge in [0, 0.05) is 17.1 Å². The third-order valence-electron chi connectivity index (χ3n) is 3.41. The highest BCUT2D eigenvalue weighted by molar-refractivity contribution is 7.99. The Morgan fingerprint density at radius 3 is 3.12 bits per heavy atom. The highest BCUT2D eigenvalue weighted by Crippen LogP contribution is 2.31. The van der Waals surface area contributed by atoms with Crippen LogP contribution in [0.3, 0.4) is 0 Å². The number of anilines is 1. The number of fused-ring (bicyclic) bond motifs is 1. The van der Waals surface area contributed by atoms with Gasteiger partial charge in [-0.15, -0.1) is 11.8 Å².